The van der Waals surface area contributed by atoms with Crippen LogP contribution in [0.5, 0.6) is 0 Å². The van der Waals surface area contributed by atoms with E-state index in [4.69, 9.17) is 5.84 Å². The van der Waals surface area contributed by atoms with E-state index >= 15 is 0 Å². The number of hydrazine groups is 1. The molecule has 18 heavy (non-hydrogen) atoms. The second-order valence-electron chi connectivity index (χ2n) is 4.65. The van der Waals surface area contributed by atoms with Gasteiger partial charge in [0, 0.05) is 10.5 Å². The van der Waals surface area contributed by atoms with Gasteiger partial charge < -0.3 is 0 Å². The largest absolute Gasteiger partial charge is 0.271 e. The molecule has 1 unspecified atom stereocenters. The second kappa shape index (κ2) is 8.62. The van der Waals surface area contributed by atoms with E-state index in [-0.39, 0.29) is 11.9 Å². The van der Waals surface area contributed by atoms with Crippen LogP contribution in [0.4, 0.5) is 4.39 Å². The molecule has 1 rings (SSSR count). The number of nitrogens with one attached hydrogen (secondary N) is 1. The van der Waals surface area contributed by atoms with Crippen molar-refractivity contribution in [3.63, 3.8) is 0 Å². The Balaban J connectivity index is 2.48. The van der Waals surface area contributed by atoms with E-state index in [0.29, 0.717) is 0 Å². The molecule has 0 amide bonds. The molecule has 3 N–H and O–H groups in total. The normalized spacial score (nSPS) is 12.7. The Morgan fingerprint density at radius 3 is 2.78 bits per heavy atom. The van der Waals surface area contributed by atoms with Gasteiger partial charge in [0.05, 0.1) is 0 Å². The van der Waals surface area contributed by atoms with Crippen molar-refractivity contribution in [3.05, 3.63) is 34.1 Å². The highest BCUT2D eigenvalue weighted by molar-refractivity contribution is 9.10. The summed E-state index contributed by atoms with van der Waals surface area (Å²) >= 11 is 3.45. The van der Waals surface area contributed by atoms with Gasteiger partial charge in [-0.15, -0.1) is 0 Å². The summed E-state index contributed by atoms with van der Waals surface area (Å²) in [5.41, 5.74) is 3.80. The number of hydrogen-bond acceptors (Lipinski definition) is 2. The molecular formula is C14H22BrFN2. The minimum atomic E-state index is -0.199. The van der Waals surface area contributed by atoms with Crippen molar-refractivity contribution in [2.75, 3.05) is 0 Å². The third-order valence-electron chi connectivity index (χ3n) is 3.12. The summed E-state index contributed by atoms with van der Waals surface area (Å²) < 4.78 is 14.1. The van der Waals surface area contributed by atoms with Gasteiger partial charge in [0.2, 0.25) is 0 Å². The van der Waals surface area contributed by atoms with Gasteiger partial charge in [0.25, 0.3) is 0 Å². The quantitative estimate of drug-likeness (QED) is 0.433. The van der Waals surface area contributed by atoms with Crippen molar-refractivity contribution in [1.29, 1.82) is 0 Å². The molecule has 0 radical (unpaired) electrons. The van der Waals surface area contributed by atoms with Gasteiger partial charge in [0.15, 0.2) is 0 Å². The Morgan fingerprint density at radius 2 is 2.11 bits per heavy atom. The predicted octanol–water partition coefficient (Wildman–Crippen LogP) is 3.93. The minimum Gasteiger partial charge on any atom is -0.271 e. The van der Waals surface area contributed by atoms with Crippen LogP contribution >= 0.6 is 15.9 Å². The van der Waals surface area contributed by atoms with E-state index in [1.165, 1.54) is 25.3 Å². The van der Waals surface area contributed by atoms with Gasteiger partial charge in [-0.05, 0) is 36.6 Å². The van der Waals surface area contributed by atoms with Crippen LogP contribution in [0.15, 0.2) is 22.7 Å². The topological polar surface area (TPSA) is 38.0 Å². The lowest BCUT2D eigenvalue weighted by Crippen LogP contribution is -2.36. The lowest BCUT2D eigenvalue weighted by Gasteiger charge is -2.16. The van der Waals surface area contributed by atoms with Gasteiger partial charge in [0.1, 0.15) is 5.82 Å². The SMILES string of the molecule is CCCCCCC(Cc1cc(F)ccc1Br)NN. The Morgan fingerprint density at radius 1 is 1.33 bits per heavy atom. The Bertz CT molecular complexity index is 358. The van der Waals surface area contributed by atoms with Crippen LogP contribution in [0.1, 0.15) is 44.6 Å². The summed E-state index contributed by atoms with van der Waals surface area (Å²) in [6.45, 7) is 2.20. The van der Waals surface area contributed by atoms with Gasteiger partial charge in [-0.3, -0.25) is 11.3 Å². The van der Waals surface area contributed by atoms with E-state index < -0.39 is 0 Å². The van der Waals surface area contributed by atoms with Crippen LogP contribution < -0.4 is 11.3 Å². The van der Waals surface area contributed by atoms with Crippen molar-refractivity contribution in [3.8, 4) is 0 Å². The summed E-state index contributed by atoms with van der Waals surface area (Å²) in [4.78, 5) is 0. The molecule has 1 atom stereocenters. The lowest BCUT2D eigenvalue weighted by atomic mass is 10.0. The van der Waals surface area contributed by atoms with Gasteiger partial charge in [-0.25, -0.2) is 4.39 Å². The molecule has 2 nitrogen and oxygen atoms in total. The van der Waals surface area contributed by atoms with Crippen LogP contribution in [0.25, 0.3) is 0 Å². The van der Waals surface area contributed by atoms with Crippen LogP contribution in [0, 0.1) is 5.82 Å². The summed E-state index contributed by atoms with van der Waals surface area (Å²) in [7, 11) is 0. The highest BCUT2D eigenvalue weighted by Crippen LogP contribution is 2.20. The fourth-order valence-corrected chi connectivity index (χ4v) is 2.44. The minimum absolute atomic E-state index is 0.199. The first-order valence-corrected chi connectivity index (χ1v) is 7.36. The standard InChI is InChI=1S/C14H22BrFN2/c1-2-3-4-5-6-13(18-17)10-11-9-12(16)7-8-14(11)15/h7-9,13,18H,2-6,10,17H2,1H3. The summed E-state index contributed by atoms with van der Waals surface area (Å²) in [6.07, 6.45) is 6.67. The fourth-order valence-electron chi connectivity index (χ4n) is 2.03. The van der Waals surface area contributed by atoms with Crippen LogP contribution in [0.2, 0.25) is 0 Å². The van der Waals surface area contributed by atoms with Crippen LogP contribution in [-0.4, -0.2) is 6.04 Å². The molecule has 0 heterocycles. The number of halogens is 2. The number of benzene rings is 1. The third kappa shape index (κ3) is 5.46. The van der Waals surface area contributed by atoms with Crippen molar-refractivity contribution in [2.45, 2.75) is 51.5 Å². The molecule has 0 aliphatic heterocycles. The number of nitrogens with two attached hydrogens (primary N) is 1. The molecule has 0 fully saturated rings. The molecule has 0 aliphatic carbocycles. The van der Waals surface area contributed by atoms with Crippen LogP contribution in [0.3, 0.4) is 0 Å². The smallest absolute Gasteiger partial charge is 0.123 e. The maximum Gasteiger partial charge on any atom is 0.123 e. The van der Waals surface area contributed by atoms with Crippen molar-refractivity contribution >= 4 is 15.9 Å². The molecule has 0 saturated carbocycles. The van der Waals surface area contributed by atoms with Crippen molar-refractivity contribution < 1.29 is 4.39 Å². The van der Waals surface area contributed by atoms with Crippen molar-refractivity contribution in [1.82, 2.24) is 5.43 Å². The zero-order valence-electron chi connectivity index (χ0n) is 10.9. The zero-order valence-corrected chi connectivity index (χ0v) is 12.5. The molecule has 0 aromatic heterocycles. The molecule has 0 spiro atoms. The number of hydrogen-bond donors (Lipinski definition) is 2. The zero-order chi connectivity index (χ0) is 13.4. The molecule has 4 heteroatoms. The molecular weight excluding hydrogens is 295 g/mol. The number of rotatable bonds is 8. The first-order valence-electron chi connectivity index (χ1n) is 6.57. The van der Waals surface area contributed by atoms with Gasteiger partial charge in [-0.1, -0.05) is 48.5 Å². The predicted molar refractivity (Wildman–Crippen MR) is 77.7 cm³/mol. The highest BCUT2D eigenvalue weighted by atomic mass is 79.9. The van der Waals surface area contributed by atoms with E-state index in [2.05, 4.69) is 28.3 Å². The Hall–Kier alpha value is -0.450. The van der Waals surface area contributed by atoms with E-state index in [0.717, 1.165) is 29.3 Å². The average Bonchev–Trinajstić information content (AvgIpc) is 2.37. The van der Waals surface area contributed by atoms with Gasteiger partial charge in [-0.2, -0.15) is 0 Å². The second-order valence-corrected chi connectivity index (χ2v) is 5.51. The molecule has 1 aromatic carbocycles. The molecule has 1 aromatic rings. The summed E-state index contributed by atoms with van der Waals surface area (Å²) in [6, 6.07) is 4.98. The average molecular weight is 317 g/mol. The Labute approximate surface area is 117 Å². The van der Waals surface area contributed by atoms with Crippen molar-refractivity contribution in [2.24, 2.45) is 5.84 Å². The number of unbranched alkanes of at least 4 members (excludes halogenated alkanes) is 3. The van der Waals surface area contributed by atoms with Crippen LogP contribution in [-0.2, 0) is 6.42 Å². The lowest BCUT2D eigenvalue weighted by molar-refractivity contribution is 0.461. The first-order chi connectivity index (χ1) is 8.67. The maximum atomic E-state index is 13.2. The molecule has 0 saturated heterocycles. The van der Waals surface area contributed by atoms with E-state index in [9.17, 15) is 4.39 Å². The molecule has 0 bridgehead atoms. The summed E-state index contributed by atoms with van der Waals surface area (Å²) in [5.74, 6) is 5.37. The van der Waals surface area contributed by atoms with E-state index in [1.54, 1.807) is 12.1 Å². The third-order valence-corrected chi connectivity index (χ3v) is 3.89. The molecule has 102 valence electrons. The highest BCUT2D eigenvalue weighted by Gasteiger charge is 2.10. The fraction of sp³-hybridized carbons (Fsp3) is 0.571. The van der Waals surface area contributed by atoms with E-state index in [1.807, 2.05) is 0 Å². The maximum absolute atomic E-state index is 13.2. The first kappa shape index (κ1) is 15.6. The van der Waals surface area contributed by atoms with Gasteiger partial charge >= 0.3 is 0 Å². The Kier molecular flexibility index (Phi) is 7.47. The monoisotopic (exact) mass is 316 g/mol. The summed E-state index contributed by atoms with van der Waals surface area (Å²) in [5, 5.41) is 0. The molecule has 0 aliphatic rings.